The van der Waals surface area contributed by atoms with Gasteiger partial charge in [0.25, 0.3) is 0 Å². The van der Waals surface area contributed by atoms with E-state index in [0.29, 0.717) is 23.7 Å². The van der Waals surface area contributed by atoms with Gasteiger partial charge in [0.05, 0.1) is 11.9 Å². The summed E-state index contributed by atoms with van der Waals surface area (Å²) in [7, 11) is -3.58. The summed E-state index contributed by atoms with van der Waals surface area (Å²) in [5.74, 6) is -0.476. The Bertz CT molecular complexity index is 1430. The fraction of sp³-hybridized carbons (Fsp3) is 0.375. The van der Waals surface area contributed by atoms with E-state index in [1.807, 2.05) is 81.4 Å². The Morgan fingerprint density at radius 2 is 1.63 bits per heavy atom. The second-order valence-electron chi connectivity index (χ2n) is 10.3. The summed E-state index contributed by atoms with van der Waals surface area (Å²) < 4.78 is 26.9. The maximum absolute atomic E-state index is 13.9. The van der Waals surface area contributed by atoms with Crippen molar-refractivity contribution in [3.8, 4) is 0 Å². The van der Waals surface area contributed by atoms with Gasteiger partial charge >= 0.3 is 0 Å². The molecule has 0 saturated carbocycles. The van der Waals surface area contributed by atoms with Gasteiger partial charge in [-0.2, -0.15) is 0 Å². The predicted octanol–water partition coefficient (Wildman–Crippen LogP) is 5.67. The highest BCUT2D eigenvalue weighted by molar-refractivity contribution is 7.92. The third-order valence-electron chi connectivity index (χ3n) is 7.12. The lowest BCUT2D eigenvalue weighted by Crippen LogP contribution is -2.50. The molecule has 9 heteroatoms. The number of rotatable bonds is 14. The molecule has 3 aromatic carbocycles. The highest BCUT2D eigenvalue weighted by Gasteiger charge is 2.31. The average molecular weight is 598 g/mol. The van der Waals surface area contributed by atoms with E-state index < -0.39 is 16.1 Å². The number of aryl methyl sites for hydroxylation is 1. The highest BCUT2D eigenvalue weighted by Crippen LogP contribution is 2.26. The van der Waals surface area contributed by atoms with E-state index >= 15 is 0 Å². The Morgan fingerprint density at radius 3 is 2.29 bits per heavy atom. The van der Waals surface area contributed by atoms with Crippen molar-refractivity contribution in [3.05, 3.63) is 100 Å². The summed E-state index contributed by atoms with van der Waals surface area (Å²) in [6.45, 7) is 6.59. The molecule has 0 aromatic heterocycles. The van der Waals surface area contributed by atoms with Gasteiger partial charge in [0.2, 0.25) is 21.8 Å². The molecule has 0 aliphatic carbocycles. The second-order valence-corrected chi connectivity index (χ2v) is 12.6. The molecule has 220 valence electrons. The van der Waals surface area contributed by atoms with Gasteiger partial charge in [-0.25, -0.2) is 8.42 Å². The van der Waals surface area contributed by atoms with Crippen molar-refractivity contribution in [2.75, 3.05) is 23.7 Å². The van der Waals surface area contributed by atoms with Crippen molar-refractivity contribution < 1.29 is 18.0 Å². The van der Waals surface area contributed by atoms with E-state index in [2.05, 4.69) is 5.32 Å². The molecular formula is C32H40ClN3O4S. The van der Waals surface area contributed by atoms with E-state index in [4.69, 9.17) is 11.6 Å². The van der Waals surface area contributed by atoms with Crippen LogP contribution in [0.3, 0.4) is 0 Å². The SMILES string of the molecule is CCCNC(=O)[C@H](Cc1ccccc1)N(Cc1ccccc1Cl)C(=O)CCCN(c1cccc(C)c1C)S(C)(=O)=O. The van der Waals surface area contributed by atoms with Crippen LogP contribution in [0.1, 0.15) is 48.4 Å². The minimum atomic E-state index is -3.58. The Morgan fingerprint density at radius 1 is 0.951 bits per heavy atom. The molecule has 3 aromatic rings. The van der Waals surface area contributed by atoms with Crippen molar-refractivity contribution in [2.45, 2.75) is 59.0 Å². The van der Waals surface area contributed by atoms with Crippen molar-refractivity contribution in [3.63, 3.8) is 0 Å². The molecule has 2 amide bonds. The summed E-state index contributed by atoms with van der Waals surface area (Å²) in [5, 5.41) is 3.47. The first-order valence-electron chi connectivity index (χ1n) is 13.9. The van der Waals surface area contributed by atoms with E-state index in [-0.39, 0.29) is 37.7 Å². The van der Waals surface area contributed by atoms with Crippen LogP contribution in [-0.2, 0) is 32.6 Å². The van der Waals surface area contributed by atoms with Crippen molar-refractivity contribution >= 4 is 39.1 Å². The average Bonchev–Trinajstić information content (AvgIpc) is 2.94. The third-order valence-corrected chi connectivity index (χ3v) is 8.66. The van der Waals surface area contributed by atoms with Gasteiger partial charge in [0.1, 0.15) is 6.04 Å². The van der Waals surface area contributed by atoms with Gasteiger partial charge in [-0.15, -0.1) is 0 Å². The van der Waals surface area contributed by atoms with E-state index in [1.54, 1.807) is 17.0 Å². The van der Waals surface area contributed by atoms with Gasteiger partial charge in [0.15, 0.2) is 0 Å². The number of nitrogens with one attached hydrogen (secondary N) is 1. The Hall–Kier alpha value is -3.36. The van der Waals surface area contributed by atoms with Crippen LogP contribution in [0.2, 0.25) is 5.02 Å². The first-order valence-corrected chi connectivity index (χ1v) is 16.1. The Balaban J connectivity index is 1.90. The second kappa shape index (κ2) is 15.0. The molecular weight excluding hydrogens is 558 g/mol. The summed E-state index contributed by atoms with van der Waals surface area (Å²) in [4.78, 5) is 28.9. The third kappa shape index (κ3) is 9.07. The van der Waals surface area contributed by atoms with Gasteiger partial charge in [-0.1, -0.05) is 79.2 Å². The summed E-state index contributed by atoms with van der Waals surface area (Å²) >= 11 is 6.48. The zero-order valence-corrected chi connectivity index (χ0v) is 25.8. The topological polar surface area (TPSA) is 86.8 Å². The molecule has 1 atom stereocenters. The van der Waals surface area contributed by atoms with E-state index in [9.17, 15) is 18.0 Å². The summed E-state index contributed by atoms with van der Waals surface area (Å²) in [5.41, 5.74) is 4.13. The standard InChI is InChI=1S/C32H40ClN3O4S/c1-5-20-34-32(38)30(22-26-14-7-6-8-15-26)35(23-27-16-9-10-17-28(27)33)31(37)19-12-21-36(41(4,39)40)29-18-11-13-24(2)25(29)3/h6-11,13-18,30H,5,12,19-23H2,1-4H3,(H,34,38)/t30-/m0/s1. The smallest absolute Gasteiger partial charge is 0.243 e. The van der Waals surface area contributed by atoms with Crippen LogP contribution in [0.5, 0.6) is 0 Å². The number of sulfonamides is 1. The monoisotopic (exact) mass is 597 g/mol. The van der Waals surface area contributed by atoms with Gasteiger partial charge in [0, 0.05) is 37.5 Å². The number of benzene rings is 3. The number of carbonyl (C=O) groups excluding carboxylic acids is 2. The van der Waals surface area contributed by atoms with Crippen LogP contribution in [0.25, 0.3) is 0 Å². The van der Waals surface area contributed by atoms with Gasteiger partial charge < -0.3 is 10.2 Å². The van der Waals surface area contributed by atoms with Crippen LogP contribution >= 0.6 is 11.6 Å². The maximum Gasteiger partial charge on any atom is 0.243 e. The van der Waals surface area contributed by atoms with Crippen molar-refractivity contribution in [1.82, 2.24) is 10.2 Å². The quantitative estimate of drug-likeness (QED) is 0.259. The molecule has 1 N–H and O–H groups in total. The van der Waals surface area contributed by atoms with Crippen molar-refractivity contribution in [1.29, 1.82) is 0 Å². The first-order chi connectivity index (χ1) is 19.5. The number of anilines is 1. The fourth-order valence-electron chi connectivity index (χ4n) is 4.72. The molecule has 0 aliphatic heterocycles. The lowest BCUT2D eigenvalue weighted by molar-refractivity contribution is -0.141. The number of halogens is 1. The zero-order valence-electron chi connectivity index (χ0n) is 24.3. The summed E-state index contributed by atoms with van der Waals surface area (Å²) in [6.07, 6.45) is 2.63. The minimum absolute atomic E-state index is 0.0632. The molecule has 0 fully saturated rings. The Kier molecular flexibility index (Phi) is 11.8. The molecule has 7 nitrogen and oxygen atoms in total. The van der Waals surface area contributed by atoms with Gasteiger partial charge in [-0.3, -0.25) is 13.9 Å². The number of carbonyl (C=O) groups is 2. The molecule has 3 rings (SSSR count). The maximum atomic E-state index is 13.9. The van der Waals surface area contributed by atoms with E-state index in [1.165, 1.54) is 10.6 Å². The highest BCUT2D eigenvalue weighted by atomic mass is 35.5. The molecule has 0 spiro atoms. The van der Waals surface area contributed by atoms with Crippen molar-refractivity contribution in [2.24, 2.45) is 0 Å². The molecule has 0 heterocycles. The first kappa shape index (κ1) is 32.2. The molecule has 41 heavy (non-hydrogen) atoms. The number of hydrogen-bond donors (Lipinski definition) is 1. The van der Waals surface area contributed by atoms with Crippen LogP contribution < -0.4 is 9.62 Å². The predicted molar refractivity (Wildman–Crippen MR) is 167 cm³/mol. The Labute approximate surface area is 249 Å². The lowest BCUT2D eigenvalue weighted by Gasteiger charge is -2.32. The minimum Gasteiger partial charge on any atom is -0.354 e. The van der Waals surface area contributed by atoms with Crippen LogP contribution in [0.15, 0.2) is 72.8 Å². The normalized spacial score (nSPS) is 12.0. The van der Waals surface area contributed by atoms with Crippen LogP contribution in [0.4, 0.5) is 5.69 Å². The summed E-state index contributed by atoms with van der Waals surface area (Å²) in [6, 6.07) is 21.6. The molecule has 0 aliphatic rings. The largest absolute Gasteiger partial charge is 0.354 e. The molecule has 0 unspecified atom stereocenters. The zero-order chi connectivity index (χ0) is 30.0. The van der Waals surface area contributed by atoms with Gasteiger partial charge in [-0.05, 0) is 61.1 Å². The lowest BCUT2D eigenvalue weighted by atomic mass is 10.0. The van der Waals surface area contributed by atoms with Crippen LogP contribution in [0, 0.1) is 13.8 Å². The fourth-order valence-corrected chi connectivity index (χ4v) is 5.93. The molecule has 0 bridgehead atoms. The molecule has 0 radical (unpaired) electrons. The number of amides is 2. The van der Waals surface area contributed by atoms with E-state index in [0.717, 1.165) is 28.7 Å². The number of nitrogens with zero attached hydrogens (tertiary/aromatic N) is 2. The van der Waals surface area contributed by atoms with Crippen LogP contribution in [-0.4, -0.2) is 50.5 Å². The molecule has 0 saturated heterocycles. The number of hydrogen-bond acceptors (Lipinski definition) is 4.